The lowest BCUT2D eigenvalue weighted by Crippen LogP contribution is -2.05. The van der Waals surface area contributed by atoms with Gasteiger partial charge in [0, 0.05) is 28.9 Å². The molecular weight excluding hydrogens is 558 g/mol. The molecule has 3 nitrogen and oxygen atoms in total. The molecule has 0 fully saturated rings. The third-order valence-corrected chi connectivity index (χ3v) is 7.79. The van der Waals surface area contributed by atoms with Crippen LogP contribution in [0.5, 0.6) is 0 Å². The van der Waals surface area contributed by atoms with Crippen molar-refractivity contribution in [2.75, 3.05) is 0 Å². The topological polar surface area (TPSA) is 49.1 Å². The molecular formula is C43H37N3. The molecule has 0 saturated carbocycles. The van der Waals surface area contributed by atoms with Gasteiger partial charge in [0.15, 0.2) is 0 Å². The zero-order valence-electron chi connectivity index (χ0n) is 26.0. The Kier molecular flexibility index (Phi) is 10.4. The smallest absolute Gasteiger partial charge is 0.147 e. The second-order valence-electron chi connectivity index (χ2n) is 11.0. The largest absolute Gasteiger partial charge is 0.283 e. The maximum Gasteiger partial charge on any atom is 0.147 e. The Balaban J connectivity index is 1.39. The van der Waals surface area contributed by atoms with E-state index in [1.165, 1.54) is 5.39 Å². The molecule has 0 saturated heterocycles. The van der Waals surface area contributed by atoms with Gasteiger partial charge in [-0.05, 0) is 63.3 Å². The molecule has 1 heterocycles. The van der Waals surface area contributed by atoms with Crippen LogP contribution in [0.2, 0.25) is 0 Å². The minimum Gasteiger partial charge on any atom is -0.283 e. The fourth-order valence-electron chi connectivity index (χ4n) is 5.04. The standard InChI is InChI=1S/C43H37N3/c1-5-6-12-31(2)32(3)17-18-33(4)43(44)46-42(38-26-24-36(25-27-38)35-13-8-7-9-14-35)28-21-34-19-22-37(23-20-34)41-30-45-29-39-15-10-11-16-40(39)41/h5-16,19-30,44H,1-4,17-18H2/b12-6-,28-21+,44-43?,46-42?. The molecule has 1 N–H and O–H groups in total. The Hall–Kier alpha value is -5.93. The summed E-state index contributed by atoms with van der Waals surface area (Å²) in [6.45, 7) is 16.1. The van der Waals surface area contributed by atoms with E-state index >= 15 is 0 Å². The number of hydrogen-bond acceptors (Lipinski definition) is 2. The maximum absolute atomic E-state index is 8.78. The van der Waals surface area contributed by atoms with Gasteiger partial charge in [-0.25, -0.2) is 4.99 Å². The Morgan fingerprint density at radius 3 is 2.09 bits per heavy atom. The van der Waals surface area contributed by atoms with E-state index in [2.05, 4.69) is 110 Å². The molecule has 224 valence electrons. The first-order valence-corrected chi connectivity index (χ1v) is 15.2. The fourth-order valence-corrected chi connectivity index (χ4v) is 5.04. The highest BCUT2D eigenvalue weighted by Crippen LogP contribution is 2.28. The van der Waals surface area contributed by atoms with Crippen molar-refractivity contribution >= 4 is 28.4 Å². The highest BCUT2D eigenvalue weighted by Gasteiger charge is 2.09. The van der Waals surface area contributed by atoms with E-state index in [0.717, 1.165) is 49.9 Å². The molecule has 5 aromatic rings. The van der Waals surface area contributed by atoms with Crippen molar-refractivity contribution in [2.24, 2.45) is 4.99 Å². The number of fused-ring (bicyclic) bond motifs is 1. The van der Waals surface area contributed by atoms with Gasteiger partial charge in [0.05, 0.1) is 5.71 Å². The molecule has 0 spiro atoms. The first-order valence-electron chi connectivity index (χ1n) is 15.2. The molecule has 0 aliphatic heterocycles. The Morgan fingerprint density at radius 1 is 0.696 bits per heavy atom. The number of nitrogens with zero attached hydrogens (tertiary/aromatic N) is 2. The lowest BCUT2D eigenvalue weighted by Gasteiger charge is -2.09. The lowest BCUT2D eigenvalue weighted by molar-refractivity contribution is 0.974. The van der Waals surface area contributed by atoms with Crippen LogP contribution in [0, 0.1) is 5.41 Å². The minimum atomic E-state index is 0.144. The summed E-state index contributed by atoms with van der Waals surface area (Å²) in [6.07, 6.45) is 14.4. The second-order valence-corrected chi connectivity index (χ2v) is 11.0. The third-order valence-electron chi connectivity index (χ3n) is 7.79. The van der Waals surface area contributed by atoms with Gasteiger partial charge in [-0.3, -0.25) is 10.4 Å². The summed E-state index contributed by atoms with van der Waals surface area (Å²) in [4.78, 5) is 9.20. The molecule has 5 rings (SSSR count). The summed E-state index contributed by atoms with van der Waals surface area (Å²) in [5, 5.41) is 11.1. The number of nitrogens with one attached hydrogen (secondary N) is 1. The molecule has 0 radical (unpaired) electrons. The van der Waals surface area contributed by atoms with Crippen molar-refractivity contribution in [3.05, 3.63) is 194 Å². The van der Waals surface area contributed by atoms with Crippen LogP contribution in [0.3, 0.4) is 0 Å². The highest BCUT2D eigenvalue weighted by atomic mass is 14.8. The average Bonchev–Trinajstić information content (AvgIpc) is 3.11. The van der Waals surface area contributed by atoms with E-state index in [9.17, 15) is 0 Å². The number of amidine groups is 1. The number of allylic oxidation sites excluding steroid dienone is 6. The number of hydrogen-bond donors (Lipinski definition) is 1. The van der Waals surface area contributed by atoms with E-state index in [1.807, 2.05) is 61.0 Å². The zero-order valence-corrected chi connectivity index (χ0v) is 26.0. The predicted octanol–water partition coefficient (Wildman–Crippen LogP) is 11.2. The minimum absolute atomic E-state index is 0.144. The van der Waals surface area contributed by atoms with E-state index in [1.54, 1.807) is 6.08 Å². The Bertz CT molecular complexity index is 1980. The maximum atomic E-state index is 8.78. The Morgan fingerprint density at radius 2 is 1.35 bits per heavy atom. The van der Waals surface area contributed by atoms with Crippen molar-refractivity contribution in [2.45, 2.75) is 12.8 Å². The van der Waals surface area contributed by atoms with Gasteiger partial charge >= 0.3 is 0 Å². The lowest BCUT2D eigenvalue weighted by atomic mass is 9.99. The summed E-state index contributed by atoms with van der Waals surface area (Å²) < 4.78 is 0. The molecule has 0 atom stereocenters. The SMILES string of the molecule is C=C/C=C\C(=C)C(=C)CCC(=C)C(=N)N=C(/C=C/c1ccc(-c2cncc3ccccc23)cc1)c1ccc(-c2ccccc2)cc1. The van der Waals surface area contributed by atoms with Crippen LogP contribution in [0.1, 0.15) is 24.0 Å². The van der Waals surface area contributed by atoms with E-state index < -0.39 is 0 Å². The van der Waals surface area contributed by atoms with Gasteiger partial charge < -0.3 is 0 Å². The van der Waals surface area contributed by atoms with Gasteiger partial charge in [0.1, 0.15) is 5.84 Å². The summed E-state index contributed by atoms with van der Waals surface area (Å²) in [5.41, 5.74) is 9.48. The van der Waals surface area contributed by atoms with Crippen LogP contribution < -0.4 is 0 Å². The summed E-state index contributed by atoms with van der Waals surface area (Å²) in [5.74, 6) is 0.144. The third kappa shape index (κ3) is 7.96. The summed E-state index contributed by atoms with van der Waals surface area (Å²) >= 11 is 0. The van der Waals surface area contributed by atoms with Crippen molar-refractivity contribution in [1.82, 2.24) is 4.98 Å². The number of aliphatic imine (C=N–C) groups is 1. The van der Waals surface area contributed by atoms with Crippen LogP contribution in [-0.2, 0) is 0 Å². The molecule has 3 heteroatoms. The van der Waals surface area contributed by atoms with Gasteiger partial charge in [-0.1, -0.05) is 154 Å². The number of pyridine rings is 1. The first kappa shape index (κ1) is 31.5. The van der Waals surface area contributed by atoms with Crippen LogP contribution in [0.15, 0.2) is 188 Å². The van der Waals surface area contributed by atoms with Gasteiger partial charge in [-0.2, -0.15) is 0 Å². The number of rotatable bonds is 12. The van der Waals surface area contributed by atoms with Crippen LogP contribution in [0.4, 0.5) is 0 Å². The Labute approximate surface area is 272 Å². The highest BCUT2D eigenvalue weighted by molar-refractivity contribution is 6.17. The van der Waals surface area contributed by atoms with Crippen molar-refractivity contribution in [1.29, 1.82) is 5.41 Å². The molecule has 0 aliphatic carbocycles. The molecule has 0 amide bonds. The van der Waals surface area contributed by atoms with Crippen LogP contribution >= 0.6 is 0 Å². The molecule has 0 bridgehead atoms. The first-order chi connectivity index (χ1) is 22.4. The molecule has 0 unspecified atom stereocenters. The van der Waals surface area contributed by atoms with Crippen LogP contribution in [-0.4, -0.2) is 16.5 Å². The average molecular weight is 596 g/mol. The normalized spacial score (nSPS) is 11.6. The molecule has 46 heavy (non-hydrogen) atoms. The molecule has 1 aromatic heterocycles. The van der Waals surface area contributed by atoms with Crippen molar-refractivity contribution in [3.8, 4) is 22.3 Å². The fraction of sp³-hybridized carbons (Fsp3) is 0.0465. The number of benzene rings is 4. The summed E-state index contributed by atoms with van der Waals surface area (Å²) in [7, 11) is 0. The van der Waals surface area contributed by atoms with Crippen molar-refractivity contribution < 1.29 is 0 Å². The monoisotopic (exact) mass is 595 g/mol. The van der Waals surface area contributed by atoms with Crippen LogP contribution in [0.25, 0.3) is 39.1 Å². The summed E-state index contributed by atoms with van der Waals surface area (Å²) in [6, 6.07) is 35.3. The van der Waals surface area contributed by atoms with E-state index in [0.29, 0.717) is 24.1 Å². The molecule has 4 aromatic carbocycles. The van der Waals surface area contributed by atoms with Gasteiger partial charge in [-0.15, -0.1) is 0 Å². The quantitative estimate of drug-likeness (QED) is 0.0870. The second kappa shape index (κ2) is 15.2. The van der Waals surface area contributed by atoms with Gasteiger partial charge in [0.2, 0.25) is 0 Å². The molecule has 0 aliphatic rings. The zero-order chi connectivity index (χ0) is 32.3. The number of aromatic nitrogens is 1. The van der Waals surface area contributed by atoms with Gasteiger partial charge in [0.25, 0.3) is 0 Å². The van der Waals surface area contributed by atoms with E-state index in [-0.39, 0.29) is 5.84 Å². The van der Waals surface area contributed by atoms with Crippen molar-refractivity contribution in [3.63, 3.8) is 0 Å². The van der Waals surface area contributed by atoms with E-state index in [4.69, 9.17) is 10.4 Å². The predicted molar refractivity (Wildman–Crippen MR) is 198 cm³/mol.